The number of carbonyl (C=O) groups excluding carboxylic acids is 3. The van der Waals surface area contributed by atoms with Crippen LogP contribution in [0.5, 0.6) is 0 Å². The molecule has 1 aromatic carbocycles. The molecule has 7 nitrogen and oxygen atoms in total. The zero-order chi connectivity index (χ0) is 28.3. The van der Waals surface area contributed by atoms with Crippen molar-refractivity contribution in [3.8, 4) is 0 Å². The van der Waals surface area contributed by atoms with E-state index in [1.807, 2.05) is 32.9 Å². The summed E-state index contributed by atoms with van der Waals surface area (Å²) in [6.07, 6.45) is 6.28. The second-order valence-corrected chi connectivity index (χ2v) is 13.3. The van der Waals surface area contributed by atoms with Crippen LogP contribution in [-0.2, 0) is 27.3 Å². The quantitative estimate of drug-likeness (QED) is 0.384. The molecule has 2 atom stereocenters. The standard InChI is InChI=1S/C31H46ClN3O4/c1-21-19-33(13-14-34(21)29(37)11-10-23-8-9-23)20-25-16-26(32)15-24(22(25)2)17-28(36)18-27-7-6-12-35(27)30(38)39-31(3,4)5/h15-16,21,23,27H,6-14,17-20H2,1-5H3/t21-,27?/m0/s1. The summed E-state index contributed by atoms with van der Waals surface area (Å²) in [5.74, 6) is 1.18. The van der Waals surface area contributed by atoms with Crippen molar-refractivity contribution >= 4 is 29.4 Å². The highest BCUT2D eigenvalue weighted by Crippen LogP contribution is 2.34. The van der Waals surface area contributed by atoms with Gasteiger partial charge in [-0.2, -0.15) is 0 Å². The van der Waals surface area contributed by atoms with Gasteiger partial charge in [0, 0.05) is 69.1 Å². The third-order valence-electron chi connectivity index (χ3n) is 8.33. The van der Waals surface area contributed by atoms with Gasteiger partial charge >= 0.3 is 6.09 Å². The molecule has 2 heterocycles. The Labute approximate surface area is 239 Å². The topological polar surface area (TPSA) is 70.2 Å². The average Bonchev–Trinajstić information content (AvgIpc) is 3.55. The van der Waals surface area contributed by atoms with Crippen LogP contribution in [-0.4, -0.2) is 76.3 Å². The van der Waals surface area contributed by atoms with E-state index in [1.165, 1.54) is 12.8 Å². The van der Waals surface area contributed by atoms with Gasteiger partial charge in [-0.3, -0.25) is 14.5 Å². The number of halogens is 1. The van der Waals surface area contributed by atoms with Crippen LogP contribution in [0.2, 0.25) is 5.02 Å². The summed E-state index contributed by atoms with van der Waals surface area (Å²) in [5, 5.41) is 0.636. The maximum absolute atomic E-state index is 13.2. The van der Waals surface area contributed by atoms with Crippen LogP contribution < -0.4 is 0 Å². The molecule has 39 heavy (non-hydrogen) atoms. The molecule has 0 aromatic heterocycles. The van der Waals surface area contributed by atoms with Crippen LogP contribution in [0.15, 0.2) is 12.1 Å². The van der Waals surface area contributed by atoms with E-state index >= 15 is 0 Å². The number of hydrogen-bond acceptors (Lipinski definition) is 5. The van der Waals surface area contributed by atoms with Crippen molar-refractivity contribution in [1.29, 1.82) is 0 Å². The number of ether oxygens (including phenoxy) is 1. The number of hydrogen-bond donors (Lipinski definition) is 0. The van der Waals surface area contributed by atoms with Crippen molar-refractivity contribution in [2.45, 2.75) is 110 Å². The minimum Gasteiger partial charge on any atom is -0.444 e. The van der Waals surface area contributed by atoms with Gasteiger partial charge in [0.25, 0.3) is 0 Å². The molecular weight excluding hydrogens is 514 g/mol. The van der Waals surface area contributed by atoms with Crippen LogP contribution in [0.3, 0.4) is 0 Å². The molecule has 2 amide bonds. The van der Waals surface area contributed by atoms with Crippen molar-refractivity contribution in [2.24, 2.45) is 5.92 Å². The van der Waals surface area contributed by atoms with Crippen LogP contribution >= 0.6 is 11.6 Å². The third kappa shape index (κ3) is 8.43. The fourth-order valence-corrected chi connectivity index (χ4v) is 6.23. The van der Waals surface area contributed by atoms with Crippen molar-refractivity contribution in [2.75, 3.05) is 26.2 Å². The lowest BCUT2D eigenvalue weighted by Gasteiger charge is -2.40. The van der Waals surface area contributed by atoms with Crippen LogP contribution in [0, 0.1) is 12.8 Å². The highest BCUT2D eigenvalue weighted by Gasteiger charge is 2.34. The van der Waals surface area contributed by atoms with Gasteiger partial charge in [-0.1, -0.05) is 24.4 Å². The summed E-state index contributed by atoms with van der Waals surface area (Å²) in [4.78, 5) is 44.7. The van der Waals surface area contributed by atoms with Crippen molar-refractivity contribution in [3.05, 3.63) is 33.8 Å². The molecule has 0 spiro atoms. The third-order valence-corrected chi connectivity index (χ3v) is 8.55. The molecule has 2 aliphatic heterocycles. The maximum atomic E-state index is 13.2. The lowest BCUT2D eigenvalue weighted by Crippen LogP contribution is -2.53. The Kier molecular flexibility index (Phi) is 9.64. The number of piperazine rings is 1. The molecule has 1 aromatic rings. The number of carbonyl (C=O) groups is 3. The summed E-state index contributed by atoms with van der Waals surface area (Å²) < 4.78 is 5.56. The molecule has 1 unspecified atom stereocenters. The zero-order valence-corrected chi connectivity index (χ0v) is 25.2. The van der Waals surface area contributed by atoms with Gasteiger partial charge < -0.3 is 14.5 Å². The van der Waals surface area contributed by atoms with E-state index < -0.39 is 5.60 Å². The molecule has 216 valence electrons. The molecule has 0 bridgehead atoms. The summed E-state index contributed by atoms with van der Waals surface area (Å²) in [6.45, 7) is 13.6. The molecule has 4 rings (SSSR count). The fraction of sp³-hybridized carbons (Fsp3) is 0.710. The number of Topliss-reactive ketones (excluding diaryl/α,β-unsaturated/α-hetero) is 1. The molecule has 0 N–H and O–H groups in total. The second-order valence-electron chi connectivity index (χ2n) is 12.9. The van der Waals surface area contributed by atoms with Gasteiger partial charge in [-0.15, -0.1) is 0 Å². The van der Waals surface area contributed by atoms with E-state index in [9.17, 15) is 14.4 Å². The Morgan fingerprint density at radius 3 is 2.41 bits per heavy atom. The van der Waals surface area contributed by atoms with Crippen molar-refractivity contribution in [3.63, 3.8) is 0 Å². The molecule has 1 aliphatic carbocycles. The van der Waals surface area contributed by atoms with Gasteiger partial charge in [0.15, 0.2) is 0 Å². The fourth-order valence-electron chi connectivity index (χ4n) is 5.97. The van der Waals surface area contributed by atoms with Gasteiger partial charge in [0.05, 0.1) is 0 Å². The zero-order valence-electron chi connectivity index (χ0n) is 24.4. The molecule has 8 heteroatoms. The smallest absolute Gasteiger partial charge is 0.410 e. The molecule has 1 saturated carbocycles. The number of ketones is 1. The Morgan fingerprint density at radius 2 is 1.74 bits per heavy atom. The number of amides is 2. The predicted octanol–water partition coefficient (Wildman–Crippen LogP) is 5.77. The molecule has 2 saturated heterocycles. The number of rotatable bonds is 9. The number of nitrogens with zero attached hydrogens (tertiary/aromatic N) is 3. The van der Waals surface area contributed by atoms with Crippen LogP contribution in [0.25, 0.3) is 0 Å². The first kappa shape index (κ1) is 29.9. The minimum atomic E-state index is -0.557. The molecule has 3 fully saturated rings. The highest BCUT2D eigenvalue weighted by atomic mass is 35.5. The monoisotopic (exact) mass is 559 g/mol. The van der Waals surface area contributed by atoms with E-state index in [1.54, 1.807) is 4.90 Å². The summed E-state index contributed by atoms with van der Waals surface area (Å²) in [6, 6.07) is 3.98. The van der Waals surface area contributed by atoms with E-state index in [0.29, 0.717) is 36.7 Å². The number of likely N-dealkylation sites (tertiary alicyclic amines) is 1. The minimum absolute atomic E-state index is 0.110. The second kappa shape index (κ2) is 12.6. The van der Waals surface area contributed by atoms with Gasteiger partial charge in [0.1, 0.15) is 11.4 Å². The molecular formula is C31H46ClN3O4. The highest BCUT2D eigenvalue weighted by molar-refractivity contribution is 6.30. The van der Waals surface area contributed by atoms with E-state index in [-0.39, 0.29) is 24.0 Å². The first-order valence-electron chi connectivity index (χ1n) is 14.7. The first-order valence-corrected chi connectivity index (χ1v) is 15.1. The van der Waals surface area contributed by atoms with Crippen LogP contribution in [0.4, 0.5) is 4.79 Å². The van der Waals surface area contributed by atoms with E-state index in [4.69, 9.17) is 16.3 Å². The predicted molar refractivity (Wildman–Crippen MR) is 154 cm³/mol. The molecule has 0 radical (unpaired) electrons. The van der Waals surface area contributed by atoms with E-state index in [2.05, 4.69) is 23.6 Å². The lowest BCUT2D eigenvalue weighted by molar-refractivity contribution is -0.136. The summed E-state index contributed by atoms with van der Waals surface area (Å²) in [5.41, 5.74) is 2.62. The Hall–Kier alpha value is -2.12. The van der Waals surface area contributed by atoms with Crippen molar-refractivity contribution < 1.29 is 19.1 Å². The number of benzene rings is 1. The first-order chi connectivity index (χ1) is 18.4. The SMILES string of the molecule is Cc1c(CC(=O)CC2CCCN2C(=O)OC(C)(C)C)cc(Cl)cc1CN1CCN(C(=O)CCC2CC2)[C@@H](C)C1. The lowest BCUT2D eigenvalue weighted by atomic mass is 9.95. The summed E-state index contributed by atoms with van der Waals surface area (Å²) in [7, 11) is 0. The van der Waals surface area contributed by atoms with E-state index in [0.717, 1.165) is 68.0 Å². The average molecular weight is 560 g/mol. The Bertz CT molecular complexity index is 1060. The van der Waals surface area contributed by atoms with Gasteiger partial charge in [0.2, 0.25) is 5.91 Å². The normalized spacial score (nSPS) is 22.3. The maximum Gasteiger partial charge on any atom is 0.410 e. The largest absolute Gasteiger partial charge is 0.444 e. The molecule has 3 aliphatic rings. The Morgan fingerprint density at radius 1 is 1.03 bits per heavy atom. The van der Waals surface area contributed by atoms with Crippen LogP contribution in [0.1, 0.15) is 89.3 Å². The summed E-state index contributed by atoms with van der Waals surface area (Å²) >= 11 is 6.53. The van der Waals surface area contributed by atoms with Crippen molar-refractivity contribution in [1.82, 2.24) is 14.7 Å². The Balaban J connectivity index is 1.33. The van der Waals surface area contributed by atoms with Gasteiger partial charge in [-0.05, 0) is 88.6 Å². The van der Waals surface area contributed by atoms with Gasteiger partial charge in [-0.25, -0.2) is 4.79 Å².